The molecule has 1 aliphatic rings. The second kappa shape index (κ2) is 58.7. The summed E-state index contributed by atoms with van der Waals surface area (Å²) in [6.45, 7) is 8.03. The van der Waals surface area contributed by atoms with Crippen molar-refractivity contribution in [3.8, 4) is 0 Å². The van der Waals surface area contributed by atoms with Gasteiger partial charge in [-0.05, 0) is 44.7 Å². The van der Waals surface area contributed by atoms with E-state index in [1.54, 1.807) is 13.8 Å². The van der Waals surface area contributed by atoms with Crippen LogP contribution in [0.5, 0.6) is 0 Å². The maximum Gasteiger partial charge on any atom is 1.00 e. The van der Waals surface area contributed by atoms with E-state index in [9.17, 15) is 0 Å². The quantitative estimate of drug-likeness (QED) is 0.189. The van der Waals surface area contributed by atoms with E-state index < -0.39 is 0 Å². The largest absolute Gasteiger partial charge is 1.00 e. The van der Waals surface area contributed by atoms with Crippen LogP contribution in [0.15, 0.2) is 12.4 Å². The maximum atomic E-state index is 4.40. The number of unbranched alkanes of at least 4 members (excludes halogenated alkanes) is 1. The van der Waals surface area contributed by atoms with E-state index in [2.05, 4.69) is 110 Å². The average molecular weight is 597 g/mol. The SMILES string of the molecule is C.C.CC(=S)S.CC(=S)S.CCCCN1C=CN(C)C1.S=C=S.[Cl-].[Cl-].[H-].[Na+].[Na+].[Na+].[Na+]. The summed E-state index contributed by atoms with van der Waals surface area (Å²) in [6.07, 6.45) is 6.87. The predicted molar refractivity (Wildman–Crippen MR) is 133 cm³/mol. The van der Waals surface area contributed by atoms with Crippen LogP contribution in [-0.4, -0.2) is 42.8 Å². The predicted octanol–water partition coefficient (Wildman–Crippen LogP) is -11.6. The van der Waals surface area contributed by atoms with Gasteiger partial charge in [-0.15, -0.1) is 25.3 Å². The Kier molecular flexibility index (Phi) is 142. The summed E-state index contributed by atoms with van der Waals surface area (Å²) in [6, 6.07) is 0. The van der Waals surface area contributed by atoms with Gasteiger partial charge in [0.1, 0.15) is 0 Å². The average Bonchev–Trinajstić information content (AvgIpc) is 2.72. The molecule has 1 rings (SSSR count). The fourth-order valence-electron chi connectivity index (χ4n) is 1.10. The second-order valence-electron chi connectivity index (χ2n) is 3.98. The third-order valence-electron chi connectivity index (χ3n) is 1.74. The van der Waals surface area contributed by atoms with Gasteiger partial charge < -0.3 is 36.0 Å². The van der Waals surface area contributed by atoms with Crippen LogP contribution in [-0.2, 0) is 0 Å². The van der Waals surface area contributed by atoms with Crippen LogP contribution in [0.25, 0.3) is 0 Å². The molecule has 0 N–H and O–H groups in total. The van der Waals surface area contributed by atoms with Gasteiger partial charge in [-0.2, -0.15) is 0 Å². The number of hydrogen-bond donors (Lipinski definition) is 2. The molecule has 0 saturated heterocycles. The molecule has 0 atom stereocenters. The fourth-order valence-corrected chi connectivity index (χ4v) is 1.10. The molecule has 29 heavy (non-hydrogen) atoms. The van der Waals surface area contributed by atoms with Crippen molar-refractivity contribution in [2.45, 2.75) is 48.5 Å². The first-order valence-corrected chi connectivity index (χ1v) is 8.74. The zero-order valence-electron chi connectivity index (χ0n) is 18.7. The van der Waals surface area contributed by atoms with Crippen molar-refractivity contribution >= 4 is 86.8 Å². The number of rotatable bonds is 3. The first-order chi connectivity index (χ1) is 9.70. The molecule has 1 aliphatic heterocycles. The van der Waals surface area contributed by atoms with Crippen LogP contribution in [0.3, 0.4) is 0 Å². The van der Waals surface area contributed by atoms with Gasteiger partial charge >= 0.3 is 118 Å². The van der Waals surface area contributed by atoms with Gasteiger partial charge in [-0.1, -0.05) is 52.6 Å². The molecule has 2 nitrogen and oxygen atoms in total. The van der Waals surface area contributed by atoms with E-state index in [0.717, 1.165) is 6.67 Å². The van der Waals surface area contributed by atoms with Gasteiger partial charge in [-0.25, -0.2) is 0 Å². The summed E-state index contributed by atoms with van der Waals surface area (Å²) >= 11 is 24.1. The van der Waals surface area contributed by atoms with Crippen molar-refractivity contribution in [2.75, 3.05) is 20.3 Å². The van der Waals surface area contributed by atoms with Gasteiger partial charge in [0.15, 0.2) is 0 Å². The Hall–Kier alpha value is 5.02. The fraction of sp³-hybridized carbons (Fsp3) is 0.667. The van der Waals surface area contributed by atoms with E-state index in [1.807, 2.05) is 4.31 Å². The van der Waals surface area contributed by atoms with Crippen LogP contribution in [0.4, 0.5) is 0 Å². The third kappa shape index (κ3) is 97.8. The van der Waals surface area contributed by atoms with E-state index in [-0.39, 0.29) is 159 Å². The molecule has 0 aromatic rings. The molecule has 0 aromatic heterocycles. The molecule has 0 aliphatic carbocycles. The molecule has 0 spiro atoms. The van der Waals surface area contributed by atoms with Gasteiger partial charge in [0.05, 0.1) is 6.67 Å². The number of hydrogen-bond acceptors (Lipinski definition) is 6. The summed E-state index contributed by atoms with van der Waals surface area (Å²) in [7, 11) is 2.10. The Balaban J connectivity index is -0.0000000145. The number of thiol groups is 2. The molecule has 14 heteroatoms. The molecule has 0 saturated carbocycles. The standard InChI is InChI=1S/C8H16N2.2C2H4S2.CS2.2CH4.2ClH.4Na.H/c1-3-4-5-10-7-6-9(2)8-10;2*1-2(3)4;2-1-3;;;;;;;;;/h6-7H,3-5,8H2,1-2H3;2*1H3,(H,3,4);;2*1H4;2*1H;;;;;/q;;;;;;;;4*+1;-1/p-2. The Morgan fingerprint density at radius 3 is 1.41 bits per heavy atom. The molecule has 0 bridgehead atoms. The van der Waals surface area contributed by atoms with Gasteiger partial charge in [-0.3, -0.25) is 0 Å². The Morgan fingerprint density at radius 2 is 1.24 bits per heavy atom. The zero-order chi connectivity index (χ0) is 17.3. The normalized spacial score (nSPS) is 7.93. The van der Waals surface area contributed by atoms with E-state index in [4.69, 9.17) is 0 Å². The molecule has 0 aromatic carbocycles. The van der Waals surface area contributed by atoms with Crippen LogP contribution in [0.2, 0.25) is 0 Å². The molecule has 0 unspecified atom stereocenters. The van der Waals surface area contributed by atoms with Crippen LogP contribution in [0.1, 0.15) is 49.9 Å². The monoisotopic (exact) mass is 595 g/mol. The minimum atomic E-state index is 0. The van der Waals surface area contributed by atoms with Gasteiger partial charge in [0, 0.05) is 38.7 Å². The minimum absolute atomic E-state index is 0. The minimum Gasteiger partial charge on any atom is -1.00 e. The number of thiocarbonyl (C=S) groups is 4. The molecule has 156 valence electrons. The first kappa shape index (κ1) is 70.0. The molecule has 0 amide bonds. The molecular weight excluding hydrogens is 563 g/mol. The van der Waals surface area contributed by atoms with Gasteiger partial charge in [0.2, 0.25) is 0 Å². The van der Waals surface area contributed by atoms with Crippen molar-refractivity contribution in [1.29, 1.82) is 0 Å². The third-order valence-corrected chi connectivity index (χ3v) is 1.74. The van der Waals surface area contributed by atoms with Crippen molar-refractivity contribution in [3.05, 3.63) is 12.4 Å². The second-order valence-corrected chi connectivity index (χ2v) is 7.82. The summed E-state index contributed by atoms with van der Waals surface area (Å²) < 4.78 is 3.31. The maximum absolute atomic E-state index is 4.40. The summed E-state index contributed by atoms with van der Waals surface area (Å²) in [4.78, 5) is 4.53. The number of halogens is 2. The van der Waals surface area contributed by atoms with E-state index in [0.29, 0.717) is 8.39 Å². The molecule has 1 heterocycles. The summed E-state index contributed by atoms with van der Waals surface area (Å²) in [5.41, 5.74) is 0. The molecule has 0 radical (unpaired) electrons. The Labute approximate surface area is 316 Å². The van der Waals surface area contributed by atoms with E-state index >= 15 is 0 Å². The van der Waals surface area contributed by atoms with Gasteiger partial charge in [0.25, 0.3) is 0 Å². The Morgan fingerprint density at radius 1 is 0.966 bits per heavy atom. The summed E-state index contributed by atoms with van der Waals surface area (Å²) in [5, 5.41) is 0. The van der Waals surface area contributed by atoms with Crippen LogP contribution < -0.4 is 143 Å². The molecule has 0 fully saturated rings. The van der Waals surface area contributed by atoms with Crippen LogP contribution in [0, 0.1) is 0 Å². The first-order valence-electron chi connectivity index (χ1n) is 6.22. The molecular formula is C15H33Cl2N2Na4S6+. The van der Waals surface area contributed by atoms with E-state index in [1.165, 1.54) is 19.4 Å². The van der Waals surface area contributed by atoms with Crippen molar-refractivity contribution in [1.82, 2.24) is 9.80 Å². The topological polar surface area (TPSA) is 6.48 Å². The van der Waals surface area contributed by atoms with Crippen molar-refractivity contribution < 1.29 is 144 Å². The van der Waals surface area contributed by atoms with Crippen LogP contribution >= 0.6 is 74.1 Å². The smallest absolute Gasteiger partial charge is 1.00 e. The summed E-state index contributed by atoms with van der Waals surface area (Å²) in [5.74, 6) is 0. The zero-order valence-corrected chi connectivity index (χ0v) is 32.2. The Bertz CT molecular complexity index is 352. The van der Waals surface area contributed by atoms with Crippen molar-refractivity contribution in [2.24, 2.45) is 0 Å². The number of nitrogens with zero attached hydrogens (tertiary/aromatic N) is 2. The van der Waals surface area contributed by atoms with Crippen molar-refractivity contribution in [3.63, 3.8) is 0 Å².